The maximum absolute atomic E-state index is 12.0. The minimum absolute atomic E-state index is 0. The van der Waals surface area contributed by atoms with Crippen LogP contribution in [0.5, 0.6) is 0 Å². The van der Waals surface area contributed by atoms with Gasteiger partial charge in [-0.05, 0) is 30.7 Å². The lowest BCUT2D eigenvalue weighted by atomic mass is 10.1. The molecular weight excluding hydrogens is 477 g/mol. The van der Waals surface area contributed by atoms with Crippen molar-refractivity contribution in [1.29, 1.82) is 0 Å². The number of likely N-dealkylation sites (tertiary alicyclic amines) is 1. The molecule has 1 unspecified atom stereocenters. The Morgan fingerprint density at radius 1 is 1.17 bits per heavy atom. The van der Waals surface area contributed by atoms with E-state index >= 15 is 0 Å². The first-order valence-corrected chi connectivity index (χ1v) is 10.6. The molecular formula is C22H36IN5O. The number of hydrogen-bond acceptors (Lipinski definition) is 3. The highest BCUT2D eigenvalue weighted by Crippen LogP contribution is 2.26. The highest BCUT2D eigenvalue weighted by atomic mass is 127. The zero-order valence-electron chi connectivity index (χ0n) is 17.8. The molecule has 162 valence electrons. The van der Waals surface area contributed by atoms with Gasteiger partial charge in [-0.3, -0.25) is 4.79 Å². The van der Waals surface area contributed by atoms with E-state index in [1.165, 1.54) is 32.2 Å². The van der Waals surface area contributed by atoms with Crippen LogP contribution in [-0.2, 0) is 11.3 Å². The molecule has 1 amide bonds. The molecule has 1 saturated heterocycles. The number of nitrogens with one attached hydrogen (secondary N) is 2. The Bertz CT molecular complexity index is 646. The molecule has 3 rings (SSSR count). The van der Waals surface area contributed by atoms with Crippen molar-refractivity contribution in [2.45, 2.75) is 44.7 Å². The molecule has 1 heterocycles. The number of rotatable bonds is 7. The standard InChI is InChI=1S/C22H35N5O.HI/c1-26(2)21(28)15-24-22(23-14-18-8-4-3-5-9-18)25-20-12-13-27(17-20)16-19-10-6-7-11-19;/h3-5,8-9,19-20H,6-7,10-17H2,1-2H3,(H2,23,24,25);1H. The monoisotopic (exact) mass is 513 g/mol. The topological polar surface area (TPSA) is 60.0 Å². The third-order valence-corrected chi connectivity index (χ3v) is 5.77. The average molecular weight is 513 g/mol. The summed E-state index contributed by atoms with van der Waals surface area (Å²) in [5, 5.41) is 6.78. The molecule has 0 aromatic heterocycles. The lowest BCUT2D eigenvalue weighted by Gasteiger charge is -2.21. The Morgan fingerprint density at radius 2 is 1.90 bits per heavy atom. The van der Waals surface area contributed by atoms with Crippen LogP contribution >= 0.6 is 24.0 Å². The quantitative estimate of drug-likeness (QED) is 0.335. The highest BCUT2D eigenvalue weighted by Gasteiger charge is 2.26. The molecule has 6 nitrogen and oxygen atoms in total. The first-order chi connectivity index (χ1) is 13.6. The molecule has 0 radical (unpaired) electrons. The van der Waals surface area contributed by atoms with Crippen LogP contribution < -0.4 is 10.6 Å². The maximum Gasteiger partial charge on any atom is 0.241 e. The van der Waals surface area contributed by atoms with Crippen molar-refractivity contribution in [3.8, 4) is 0 Å². The summed E-state index contributed by atoms with van der Waals surface area (Å²) in [6.07, 6.45) is 6.72. The lowest BCUT2D eigenvalue weighted by Crippen LogP contribution is -2.47. The van der Waals surface area contributed by atoms with Gasteiger partial charge < -0.3 is 20.4 Å². The van der Waals surface area contributed by atoms with Crippen LogP contribution in [0.3, 0.4) is 0 Å². The molecule has 29 heavy (non-hydrogen) atoms. The second kappa shape index (κ2) is 12.4. The summed E-state index contributed by atoms with van der Waals surface area (Å²) in [7, 11) is 3.55. The van der Waals surface area contributed by atoms with Gasteiger partial charge in [0.25, 0.3) is 0 Å². The Kier molecular flexibility index (Phi) is 10.2. The molecule has 2 N–H and O–H groups in total. The number of carbonyl (C=O) groups excluding carboxylic acids is 1. The van der Waals surface area contributed by atoms with Crippen molar-refractivity contribution in [3.63, 3.8) is 0 Å². The van der Waals surface area contributed by atoms with Crippen molar-refractivity contribution in [1.82, 2.24) is 20.4 Å². The van der Waals surface area contributed by atoms with E-state index in [-0.39, 0.29) is 36.4 Å². The first kappa shape index (κ1) is 23.9. The third-order valence-electron chi connectivity index (χ3n) is 5.77. The predicted octanol–water partition coefficient (Wildman–Crippen LogP) is 2.69. The molecule has 1 atom stereocenters. The summed E-state index contributed by atoms with van der Waals surface area (Å²) in [4.78, 5) is 20.9. The van der Waals surface area contributed by atoms with Gasteiger partial charge in [0, 0.05) is 39.8 Å². The molecule has 1 aromatic rings. The molecule has 1 aliphatic heterocycles. The van der Waals surface area contributed by atoms with Gasteiger partial charge in [-0.25, -0.2) is 4.99 Å². The zero-order chi connectivity index (χ0) is 19.8. The van der Waals surface area contributed by atoms with Crippen LogP contribution in [0.2, 0.25) is 0 Å². The number of guanidine groups is 1. The SMILES string of the molecule is CN(C)C(=O)CNC(=NCc1ccccc1)NC1CCN(CC2CCCC2)C1.I. The van der Waals surface area contributed by atoms with Crippen LogP contribution in [0, 0.1) is 5.92 Å². The number of benzene rings is 1. The van der Waals surface area contributed by atoms with E-state index < -0.39 is 0 Å². The number of likely N-dealkylation sites (N-methyl/N-ethyl adjacent to an activating group) is 1. The molecule has 2 aliphatic rings. The van der Waals surface area contributed by atoms with Gasteiger partial charge in [-0.2, -0.15) is 0 Å². The van der Waals surface area contributed by atoms with E-state index in [2.05, 4.69) is 27.7 Å². The van der Waals surface area contributed by atoms with Gasteiger partial charge in [0.1, 0.15) is 0 Å². The van der Waals surface area contributed by atoms with Crippen LogP contribution in [-0.4, -0.2) is 68.0 Å². The second-order valence-electron chi connectivity index (χ2n) is 8.33. The van der Waals surface area contributed by atoms with E-state index in [0.717, 1.165) is 37.0 Å². The van der Waals surface area contributed by atoms with Crippen LogP contribution in [0.25, 0.3) is 0 Å². The highest BCUT2D eigenvalue weighted by molar-refractivity contribution is 14.0. The number of halogens is 1. The van der Waals surface area contributed by atoms with E-state index in [1.807, 2.05) is 18.2 Å². The summed E-state index contributed by atoms with van der Waals surface area (Å²) < 4.78 is 0. The first-order valence-electron chi connectivity index (χ1n) is 10.6. The van der Waals surface area contributed by atoms with Crippen molar-refractivity contribution in [3.05, 3.63) is 35.9 Å². The van der Waals surface area contributed by atoms with E-state index in [9.17, 15) is 4.79 Å². The normalized spacial score (nSPS) is 20.3. The molecule has 2 fully saturated rings. The maximum atomic E-state index is 12.0. The minimum atomic E-state index is 0. The van der Waals surface area contributed by atoms with Crippen LogP contribution in [0.15, 0.2) is 35.3 Å². The number of hydrogen-bond donors (Lipinski definition) is 2. The summed E-state index contributed by atoms with van der Waals surface area (Å²) in [6, 6.07) is 10.6. The average Bonchev–Trinajstić information content (AvgIpc) is 3.37. The Balaban J connectivity index is 0.00000300. The van der Waals surface area contributed by atoms with Crippen molar-refractivity contribution in [2.24, 2.45) is 10.9 Å². The fourth-order valence-electron chi connectivity index (χ4n) is 4.09. The fraction of sp³-hybridized carbons (Fsp3) is 0.636. The van der Waals surface area contributed by atoms with Gasteiger partial charge in [0.15, 0.2) is 5.96 Å². The largest absolute Gasteiger partial charge is 0.352 e. The number of nitrogens with zero attached hydrogens (tertiary/aromatic N) is 3. The van der Waals surface area contributed by atoms with Gasteiger partial charge >= 0.3 is 0 Å². The van der Waals surface area contributed by atoms with Crippen molar-refractivity contribution < 1.29 is 4.79 Å². The van der Waals surface area contributed by atoms with Gasteiger partial charge in [0.05, 0.1) is 13.1 Å². The van der Waals surface area contributed by atoms with Crippen LogP contribution in [0.1, 0.15) is 37.7 Å². The fourth-order valence-corrected chi connectivity index (χ4v) is 4.09. The molecule has 7 heteroatoms. The Hall–Kier alpha value is -1.35. The van der Waals surface area contributed by atoms with Crippen molar-refractivity contribution >= 4 is 35.8 Å². The molecule has 1 saturated carbocycles. The smallest absolute Gasteiger partial charge is 0.241 e. The van der Waals surface area contributed by atoms with E-state index in [1.54, 1.807) is 19.0 Å². The zero-order valence-corrected chi connectivity index (χ0v) is 20.1. The van der Waals surface area contributed by atoms with E-state index in [0.29, 0.717) is 12.6 Å². The molecule has 1 aliphatic carbocycles. The number of aliphatic imine (C=N–C) groups is 1. The Labute approximate surface area is 192 Å². The molecule has 0 spiro atoms. The summed E-state index contributed by atoms with van der Waals surface area (Å²) in [6.45, 7) is 4.30. The third kappa shape index (κ3) is 8.12. The predicted molar refractivity (Wildman–Crippen MR) is 130 cm³/mol. The van der Waals surface area contributed by atoms with E-state index in [4.69, 9.17) is 4.99 Å². The number of carbonyl (C=O) groups is 1. The summed E-state index contributed by atoms with van der Waals surface area (Å²) in [5.74, 6) is 1.66. The Morgan fingerprint density at radius 3 is 2.59 bits per heavy atom. The molecule has 1 aromatic carbocycles. The summed E-state index contributed by atoms with van der Waals surface area (Å²) in [5.41, 5.74) is 1.16. The minimum Gasteiger partial charge on any atom is -0.352 e. The lowest BCUT2D eigenvalue weighted by molar-refractivity contribution is -0.127. The van der Waals surface area contributed by atoms with Gasteiger partial charge in [0.2, 0.25) is 5.91 Å². The molecule has 0 bridgehead atoms. The van der Waals surface area contributed by atoms with Gasteiger partial charge in [-0.15, -0.1) is 24.0 Å². The second-order valence-corrected chi connectivity index (χ2v) is 8.33. The van der Waals surface area contributed by atoms with Gasteiger partial charge in [-0.1, -0.05) is 43.2 Å². The van der Waals surface area contributed by atoms with Crippen molar-refractivity contribution in [2.75, 3.05) is 40.3 Å². The van der Waals surface area contributed by atoms with Crippen LogP contribution in [0.4, 0.5) is 0 Å². The summed E-state index contributed by atoms with van der Waals surface area (Å²) >= 11 is 0. The number of amides is 1.